The molecule has 0 fully saturated rings. The zero-order chi connectivity index (χ0) is 15.2. The van der Waals surface area contributed by atoms with Gasteiger partial charge >= 0.3 is 6.09 Å². The molecule has 0 bridgehead atoms. The molecule has 0 aromatic heterocycles. The fourth-order valence-electron chi connectivity index (χ4n) is 1.43. The monoisotopic (exact) mass is 281 g/mol. The Morgan fingerprint density at radius 3 is 2.30 bits per heavy atom. The summed E-state index contributed by atoms with van der Waals surface area (Å²) in [6, 6.07) is 9.22. The third-order valence-electron chi connectivity index (χ3n) is 2.45. The predicted molar refractivity (Wildman–Crippen MR) is 76.8 cm³/mol. The van der Waals surface area contributed by atoms with Gasteiger partial charge in [0.2, 0.25) is 0 Å². The summed E-state index contributed by atoms with van der Waals surface area (Å²) in [6.07, 6.45) is -0.578. The predicted octanol–water partition coefficient (Wildman–Crippen LogP) is 2.34. The molecular weight excluding hydrogens is 258 g/mol. The first-order valence-corrected chi connectivity index (χ1v) is 6.54. The highest BCUT2D eigenvalue weighted by Crippen LogP contribution is 2.13. The summed E-state index contributed by atoms with van der Waals surface area (Å²) in [5.74, 6) is 0.679. The van der Waals surface area contributed by atoms with Gasteiger partial charge in [-0.05, 0) is 39.8 Å². The second kappa shape index (κ2) is 6.61. The van der Waals surface area contributed by atoms with Crippen molar-refractivity contribution in [3.05, 3.63) is 30.3 Å². The molecule has 20 heavy (non-hydrogen) atoms. The van der Waals surface area contributed by atoms with Crippen molar-refractivity contribution < 1.29 is 19.4 Å². The summed E-state index contributed by atoms with van der Waals surface area (Å²) in [5, 5.41) is 12.1. The Morgan fingerprint density at radius 1 is 1.20 bits per heavy atom. The van der Waals surface area contributed by atoms with E-state index in [-0.39, 0.29) is 13.2 Å². The number of hydrogen-bond acceptors (Lipinski definition) is 4. The first-order valence-electron chi connectivity index (χ1n) is 6.54. The van der Waals surface area contributed by atoms with Gasteiger partial charge in [0, 0.05) is 0 Å². The summed E-state index contributed by atoms with van der Waals surface area (Å²) < 4.78 is 10.7. The maximum Gasteiger partial charge on any atom is 0.408 e. The van der Waals surface area contributed by atoms with Crippen LogP contribution in [0.3, 0.4) is 0 Å². The number of amides is 1. The molecule has 1 unspecified atom stereocenters. The number of carbonyl (C=O) groups excluding carboxylic acids is 1. The minimum Gasteiger partial charge on any atom is -0.491 e. The molecule has 1 rings (SSSR count). The van der Waals surface area contributed by atoms with E-state index >= 15 is 0 Å². The zero-order valence-electron chi connectivity index (χ0n) is 12.5. The Bertz CT molecular complexity index is 427. The Morgan fingerprint density at radius 2 is 1.80 bits per heavy atom. The highest BCUT2D eigenvalue weighted by atomic mass is 16.6. The minimum absolute atomic E-state index is 0.146. The van der Waals surface area contributed by atoms with E-state index in [2.05, 4.69) is 5.32 Å². The van der Waals surface area contributed by atoms with Crippen molar-refractivity contribution in [2.75, 3.05) is 13.2 Å². The Labute approximate surface area is 119 Å². The molecule has 0 radical (unpaired) electrons. The maximum atomic E-state index is 11.7. The van der Waals surface area contributed by atoms with Gasteiger partial charge in [0.25, 0.3) is 0 Å². The third-order valence-corrected chi connectivity index (χ3v) is 2.45. The van der Waals surface area contributed by atoms with Gasteiger partial charge in [-0.15, -0.1) is 0 Å². The van der Waals surface area contributed by atoms with Crippen molar-refractivity contribution in [2.45, 2.75) is 38.8 Å². The number of hydrogen-bond donors (Lipinski definition) is 2. The summed E-state index contributed by atoms with van der Waals surface area (Å²) in [5.41, 5.74) is -1.49. The number of rotatable bonds is 5. The van der Waals surface area contributed by atoms with Crippen LogP contribution in [-0.4, -0.2) is 35.6 Å². The van der Waals surface area contributed by atoms with Crippen LogP contribution in [0, 0.1) is 0 Å². The lowest BCUT2D eigenvalue weighted by Gasteiger charge is -2.30. The molecule has 0 spiro atoms. The second-order valence-corrected chi connectivity index (χ2v) is 5.95. The summed E-state index contributed by atoms with van der Waals surface area (Å²) in [7, 11) is 0. The number of nitrogens with one attached hydrogen (secondary N) is 1. The van der Waals surface area contributed by atoms with E-state index in [0.717, 1.165) is 0 Å². The minimum atomic E-state index is -0.905. The van der Waals surface area contributed by atoms with Gasteiger partial charge in [-0.2, -0.15) is 0 Å². The van der Waals surface area contributed by atoms with Crippen LogP contribution in [0.25, 0.3) is 0 Å². The molecule has 5 nitrogen and oxygen atoms in total. The molecule has 0 aliphatic heterocycles. The Kier molecular flexibility index (Phi) is 5.39. The van der Waals surface area contributed by atoms with E-state index in [1.54, 1.807) is 27.7 Å². The molecule has 0 saturated carbocycles. The summed E-state index contributed by atoms with van der Waals surface area (Å²) in [4.78, 5) is 11.7. The van der Waals surface area contributed by atoms with Gasteiger partial charge in [-0.3, -0.25) is 0 Å². The number of aliphatic hydroxyl groups excluding tert-OH is 1. The molecule has 0 heterocycles. The Hall–Kier alpha value is -1.75. The van der Waals surface area contributed by atoms with Crippen LogP contribution in [0.5, 0.6) is 5.75 Å². The van der Waals surface area contributed by atoms with Gasteiger partial charge in [-0.1, -0.05) is 18.2 Å². The third kappa shape index (κ3) is 5.93. The maximum absolute atomic E-state index is 11.7. The molecule has 1 atom stereocenters. The zero-order valence-corrected chi connectivity index (χ0v) is 12.5. The first-order chi connectivity index (χ1) is 9.24. The van der Waals surface area contributed by atoms with Crippen molar-refractivity contribution in [3.8, 4) is 5.75 Å². The molecule has 1 aromatic rings. The molecule has 2 N–H and O–H groups in total. The van der Waals surface area contributed by atoms with Gasteiger partial charge < -0.3 is 19.9 Å². The Balaban J connectivity index is 2.56. The number of ether oxygens (including phenoxy) is 2. The first kappa shape index (κ1) is 16.3. The fraction of sp³-hybridized carbons (Fsp3) is 0.533. The van der Waals surface area contributed by atoms with Crippen LogP contribution in [-0.2, 0) is 4.74 Å². The molecular formula is C15H23NO4. The van der Waals surface area contributed by atoms with E-state index in [4.69, 9.17) is 9.47 Å². The van der Waals surface area contributed by atoms with Crippen LogP contribution < -0.4 is 10.1 Å². The lowest BCUT2D eigenvalue weighted by molar-refractivity contribution is 0.0352. The van der Waals surface area contributed by atoms with Crippen LogP contribution in [0.2, 0.25) is 0 Å². The van der Waals surface area contributed by atoms with Crippen molar-refractivity contribution in [3.63, 3.8) is 0 Å². The number of aliphatic hydroxyl groups is 1. The van der Waals surface area contributed by atoms with Crippen LogP contribution in [0.1, 0.15) is 27.7 Å². The van der Waals surface area contributed by atoms with Crippen molar-refractivity contribution in [1.29, 1.82) is 0 Å². The van der Waals surface area contributed by atoms with E-state index in [1.807, 2.05) is 30.3 Å². The lowest BCUT2D eigenvalue weighted by Crippen LogP contribution is -2.54. The molecule has 1 amide bonds. The molecule has 0 saturated heterocycles. The van der Waals surface area contributed by atoms with Gasteiger partial charge in [-0.25, -0.2) is 4.79 Å². The standard InChI is InChI=1S/C15H23NO4/c1-14(2,3)20-13(18)16-15(4,10-17)11-19-12-8-6-5-7-9-12/h5-9,17H,10-11H2,1-4H3,(H,16,18). The van der Waals surface area contributed by atoms with Crippen LogP contribution >= 0.6 is 0 Å². The van der Waals surface area contributed by atoms with E-state index in [9.17, 15) is 9.90 Å². The number of para-hydroxylation sites is 1. The molecule has 0 aliphatic rings. The normalized spacial score (nSPS) is 14.2. The van der Waals surface area contributed by atoms with Gasteiger partial charge in [0.05, 0.1) is 12.1 Å². The lowest BCUT2D eigenvalue weighted by atomic mass is 10.1. The van der Waals surface area contributed by atoms with E-state index < -0.39 is 17.2 Å². The van der Waals surface area contributed by atoms with Gasteiger partial charge in [0.1, 0.15) is 18.0 Å². The average Bonchev–Trinajstić information content (AvgIpc) is 2.35. The number of benzene rings is 1. The van der Waals surface area contributed by atoms with Crippen molar-refractivity contribution in [2.24, 2.45) is 0 Å². The largest absolute Gasteiger partial charge is 0.491 e. The van der Waals surface area contributed by atoms with E-state index in [0.29, 0.717) is 5.75 Å². The molecule has 0 aliphatic carbocycles. The van der Waals surface area contributed by atoms with Crippen molar-refractivity contribution >= 4 is 6.09 Å². The quantitative estimate of drug-likeness (QED) is 0.869. The molecule has 1 aromatic carbocycles. The van der Waals surface area contributed by atoms with Crippen LogP contribution in [0.15, 0.2) is 30.3 Å². The fourth-order valence-corrected chi connectivity index (χ4v) is 1.43. The summed E-state index contributed by atoms with van der Waals surface area (Å²) in [6.45, 7) is 6.93. The average molecular weight is 281 g/mol. The number of alkyl carbamates (subject to hydrolysis) is 1. The topological polar surface area (TPSA) is 67.8 Å². The highest BCUT2D eigenvalue weighted by Gasteiger charge is 2.29. The highest BCUT2D eigenvalue weighted by molar-refractivity contribution is 5.68. The van der Waals surface area contributed by atoms with E-state index in [1.165, 1.54) is 0 Å². The summed E-state index contributed by atoms with van der Waals surface area (Å²) >= 11 is 0. The van der Waals surface area contributed by atoms with Crippen molar-refractivity contribution in [1.82, 2.24) is 5.32 Å². The molecule has 5 heteroatoms. The molecule has 112 valence electrons. The van der Waals surface area contributed by atoms with Gasteiger partial charge in [0.15, 0.2) is 0 Å². The number of carbonyl (C=O) groups is 1. The second-order valence-electron chi connectivity index (χ2n) is 5.95. The van der Waals surface area contributed by atoms with Crippen LogP contribution in [0.4, 0.5) is 4.79 Å². The SMILES string of the molecule is CC(CO)(COc1ccccc1)NC(=O)OC(C)(C)C. The smallest absolute Gasteiger partial charge is 0.408 e.